The quantitative estimate of drug-likeness (QED) is 0.731. The van der Waals surface area contributed by atoms with Crippen molar-refractivity contribution in [1.82, 2.24) is 5.32 Å². The predicted molar refractivity (Wildman–Crippen MR) is 69.5 cm³/mol. The fourth-order valence-electron chi connectivity index (χ4n) is 2.83. The molecule has 3 atom stereocenters. The Balaban J connectivity index is 2.05. The third kappa shape index (κ3) is 5.86. The van der Waals surface area contributed by atoms with Crippen LogP contribution in [0.1, 0.15) is 52.9 Å². The molecule has 0 bridgehead atoms. The van der Waals surface area contributed by atoms with Gasteiger partial charge in [0.1, 0.15) is 0 Å². The van der Waals surface area contributed by atoms with E-state index in [0.717, 1.165) is 31.3 Å². The predicted octanol–water partition coefficient (Wildman–Crippen LogP) is 2.81. The molecule has 1 aliphatic rings. The molecule has 0 amide bonds. The highest BCUT2D eigenvalue weighted by molar-refractivity contribution is 4.73. The molecule has 0 heterocycles. The van der Waals surface area contributed by atoms with Gasteiger partial charge in [-0.05, 0) is 43.6 Å². The molecule has 1 rings (SSSR count). The average Bonchev–Trinajstić information content (AvgIpc) is 2.16. The van der Waals surface area contributed by atoms with Crippen LogP contribution in [0, 0.1) is 17.8 Å². The van der Waals surface area contributed by atoms with Crippen LogP contribution in [0.15, 0.2) is 0 Å². The van der Waals surface area contributed by atoms with Gasteiger partial charge in [0.05, 0.1) is 6.10 Å². The van der Waals surface area contributed by atoms with E-state index in [1.165, 1.54) is 25.7 Å². The third-order valence-electron chi connectivity index (χ3n) is 3.60. The van der Waals surface area contributed by atoms with Gasteiger partial charge in [-0.2, -0.15) is 0 Å². The largest absolute Gasteiger partial charge is 0.392 e. The van der Waals surface area contributed by atoms with Crippen LogP contribution in [0.5, 0.6) is 0 Å². The summed E-state index contributed by atoms with van der Waals surface area (Å²) in [6.07, 6.45) is 6.29. The standard InChI is InChI=1S/C14H29NO/c1-11(2)7-14(16)10-15-9-13-6-4-5-12(3)8-13/h11-16H,4-10H2,1-3H3. The zero-order valence-electron chi connectivity index (χ0n) is 11.2. The molecular formula is C14H29NO. The van der Waals surface area contributed by atoms with Gasteiger partial charge in [-0.1, -0.05) is 33.6 Å². The monoisotopic (exact) mass is 227 g/mol. The van der Waals surface area contributed by atoms with Crippen molar-refractivity contribution in [2.75, 3.05) is 13.1 Å². The Morgan fingerprint density at radius 2 is 2.06 bits per heavy atom. The van der Waals surface area contributed by atoms with E-state index in [1.807, 2.05) is 0 Å². The van der Waals surface area contributed by atoms with Crippen LogP contribution in [0.25, 0.3) is 0 Å². The molecule has 0 aromatic carbocycles. The van der Waals surface area contributed by atoms with Crippen molar-refractivity contribution in [1.29, 1.82) is 0 Å². The van der Waals surface area contributed by atoms with Crippen LogP contribution in [-0.4, -0.2) is 24.3 Å². The second-order valence-electron chi connectivity index (χ2n) is 6.08. The second kappa shape index (κ2) is 7.29. The van der Waals surface area contributed by atoms with E-state index >= 15 is 0 Å². The van der Waals surface area contributed by atoms with Crippen molar-refractivity contribution < 1.29 is 5.11 Å². The zero-order valence-corrected chi connectivity index (χ0v) is 11.2. The van der Waals surface area contributed by atoms with Gasteiger partial charge in [0.2, 0.25) is 0 Å². The Kier molecular flexibility index (Phi) is 6.37. The molecule has 3 unspecified atom stereocenters. The summed E-state index contributed by atoms with van der Waals surface area (Å²) in [5.41, 5.74) is 0. The lowest BCUT2D eigenvalue weighted by Gasteiger charge is -2.27. The minimum Gasteiger partial charge on any atom is -0.392 e. The van der Waals surface area contributed by atoms with E-state index in [2.05, 4.69) is 26.1 Å². The lowest BCUT2D eigenvalue weighted by atomic mass is 9.82. The Hall–Kier alpha value is -0.0800. The molecule has 0 saturated heterocycles. The van der Waals surface area contributed by atoms with Crippen LogP contribution < -0.4 is 5.32 Å². The van der Waals surface area contributed by atoms with Crippen LogP contribution in [-0.2, 0) is 0 Å². The number of aliphatic hydroxyl groups excluding tert-OH is 1. The smallest absolute Gasteiger partial charge is 0.0667 e. The van der Waals surface area contributed by atoms with Gasteiger partial charge >= 0.3 is 0 Å². The molecule has 0 spiro atoms. The zero-order chi connectivity index (χ0) is 12.0. The summed E-state index contributed by atoms with van der Waals surface area (Å²) in [7, 11) is 0. The topological polar surface area (TPSA) is 32.3 Å². The molecule has 16 heavy (non-hydrogen) atoms. The molecule has 1 aliphatic carbocycles. The summed E-state index contributed by atoms with van der Waals surface area (Å²) in [5.74, 6) is 2.34. The molecular weight excluding hydrogens is 198 g/mol. The minimum absolute atomic E-state index is 0.166. The summed E-state index contributed by atoms with van der Waals surface area (Å²) in [4.78, 5) is 0. The average molecular weight is 227 g/mol. The number of hydrogen-bond acceptors (Lipinski definition) is 2. The van der Waals surface area contributed by atoms with Crippen LogP contribution in [0.2, 0.25) is 0 Å². The van der Waals surface area contributed by atoms with Crippen molar-refractivity contribution in [3.63, 3.8) is 0 Å². The first-order valence-electron chi connectivity index (χ1n) is 6.96. The molecule has 1 saturated carbocycles. The van der Waals surface area contributed by atoms with Crippen molar-refractivity contribution >= 4 is 0 Å². The van der Waals surface area contributed by atoms with E-state index in [0.29, 0.717) is 5.92 Å². The van der Waals surface area contributed by atoms with Crippen LogP contribution in [0.4, 0.5) is 0 Å². The first-order chi connectivity index (χ1) is 7.58. The normalized spacial score (nSPS) is 28.3. The van der Waals surface area contributed by atoms with E-state index in [4.69, 9.17) is 0 Å². The first-order valence-corrected chi connectivity index (χ1v) is 6.96. The first kappa shape index (κ1) is 14.0. The number of rotatable bonds is 6. The Morgan fingerprint density at radius 3 is 2.69 bits per heavy atom. The van der Waals surface area contributed by atoms with Gasteiger partial charge in [0.15, 0.2) is 0 Å². The molecule has 96 valence electrons. The molecule has 2 N–H and O–H groups in total. The maximum Gasteiger partial charge on any atom is 0.0667 e. The van der Waals surface area contributed by atoms with Gasteiger partial charge in [-0.25, -0.2) is 0 Å². The van der Waals surface area contributed by atoms with Gasteiger partial charge in [0.25, 0.3) is 0 Å². The Bertz CT molecular complexity index is 182. The number of aliphatic hydroxyl groups is 1. The second-order valence-corrected chi connectivity index (χ2v) is 6.08. The molecule has 0 aliphatic heterocycles. The molecule has 2 nitrogen and oxygen atoms in total. The summed E-state index contributed by atoms with van der Waals surface area (Å²) < 4.78 is 0. The maximum absolute atomic E-state index is 9.74. The summed E-state index contributed by atoms with van der Waals surface area (Å²) >= 11 is 0. The highest BCUT2D eigenvalue weighted by Crippen LogP contribution is 2.27. The third-order valence-corrected chi connectivity index (χ3v) is 3.60. The van der Waals surface area contributed by atoms with E-state index in [1.54, 1.807) is 0 Å². The van der Waals surface area contributed by atoms with Gasteiger partial charge < -0.3 is 10.4 Å². The maximum atomic E-state index is 9.74. The lowest BCUT2D eigenvalue weighted by Crippen LogP contribution is -2.33. The van der Waals surface area contributed by atoms with Gasteiger partial charge in [-0.3, -0.25) is 0 Å². The van der Waals surface area contributed by atoms with Crippen molar-refractivity contribution in [3.8, 4) is 0 Å². The fourth-order valence-corrected chi connectivity index (χ4v) is 2.83. The minimum atomic E-state index is -0.166. The van der Waals surface area contributed by atoms with E-state index in [9.17, 15) is 5.11 Å². The SMILES string of the molecule is CC(C)CC(O)CNCC1CCCC(C)C1. The van der Waals surface area contributed by atoms with Crippen molar-refractivity contribution in [3.05, 3.63) is 0 Å². The molecule has 0 aromatic rings. The number of nitrogens with one attached hydrogen (secondary N) is 1. The highest BCUT2D eigenvalue weighted by Gasteiger charge is 2.18. The lowest BCUT2D eigenvalue weighted by molar-refractivity contribution is 0.142. The summed E-state index contributed by atoms with van der Waals surface area (Å²) in [5, 5.41) is 13.2. The van der Waals surface area contributed by atoms with Gasteiger partial charge in [-0.15, -0.1) is 0 Å². The molecule has 2 heteroatoms. The summed E-state index contributed by atoms with van der Waals surface area (Å²) in [6, 6.07) is 0. The summed E-state index contributed by atoms with van der Waals surface area (Å²) in [6.45, 7) is 8.54. The highest BCUT2D eigenvalue weighted by atomic mass is 16.3. The molecule has 0 aromatic heterocycles. The van der Waals surface area contributed by atoms with E-state index in [-0.39, 0.29) is 6.10 Å². The molecule has 1 fully saturated rings. The van der Waals surface area contributed by atoms with E-state index < -0.39 is 0 Å². The Labute approximate surface area is 101 Å². The fraction of sp³-hybridized carbons (Fsp3) is 1.00. The van der Waals surface area contributed by atoms with Crippen molar-refractivity contribution in [2.45, 2.75) is 59.0 Å². The molecule has 0 radical (unpaired) electrons. The number of hydrogen-bond donors (Lipinski definition) is 2. The van der Waals surface area contributed by atoms with Crippen molar-refractivity contribution in [2.24, 2.45) is 17.8 Å². The Morgan fingerprint density at radius 1 is 1.31 bits per heavy atom. The van der Waals surface area contributed by atoms with Gasteiger partial charge in [0, 0.05) is 6.54 Å². The van der Waals surface area contributed by atoms with Crippen LogP contribution >= 0.6 is 0 Å². The van der Waals surface area contributed by atoms with Crippen LogP contribution in [0.3, 0.4) is 0 Å².